The number of fused-ring (bicyclic) bond motifs is 1. The molecule has 27 heavy (non-hydrogen) atoms. The van der Waals surface area contributed by atoms with E-state index in [0.717, 1.165) is 5.56 Å². The summed E-state index contributed by atoms with van der Waals surface area (Å²) in [7, 11) is -6.27. The second-order valence-electron chi connectivity index (χ2n) is 5.96. The van der Waals surface area contributed by atoms with E-state index in [1.807, 2.05) is 30.3 Å². The molecule has 0 saturated heterocycles. The topological polar surface area (TPSA) is 113 Å². The molecule has 3 rings (SSSR count). The van der Waals surface area contributed by atoms with Crippen molar-refractivity contribution in [1.29, 1.82) is 0 Å². The number of benzene rings is 2. The maximum Gasteiger partial charge on any atom is 0.469 e. The summed E-state index contributed by atoms with van der Waals surface area (Å²) in [5, 5.41) is 2.68. The molecule has 142 valence electrons. The van der Waals surface area contributed by atoms with Crippen LogP contribution < -0.4 is 5.32 Å². The van der Waals surface area contributed by atoms with Crippen LogP contribution >= 0.6 is 7.82 Å². The monoisotopic (exact) mass is 407 g/mol. The number of phosphoric ester groups is 1. The molecule has 0 spiro atoms. The molecule has 1 aliphatic heterocycles. The van der Waals surface area contributed by atoms with Gasteiger partial charge in [-0.2, -0.15) is 0 Å². The number of carbonyl (C=O) groups excluding carboxylic acids is 1. The highest BCUT2D eigenvalue weighted by atomic mass is 32.2. The van der Waals surface area contributed by atoms with Crippen LogP contribution in [0.3, 0.4) is 0 Å². The first kappa shape index (κ1) is 19.7. The van der Waals surface area contributed by atoms with Gasteiger partial charge in [-0.15, -0.1) is 0 Å². The molecule has 7 nitrogen and oxygen atoms in total. The highest BCUT2D eigenvalue weighted by Crippen LogP contribution is 2.36. The van der Waals surface area contributed by atoms with E-state index in [2.05, 4.69) is 9.84 Å². The van der Waals surface area contributed by atoms with E-state index in [0.29, 0.717) is 16.9 Å². The van der Waals surface area contributed by atoms with E-state index in [9.17, 15) is 13.6 Å². The molecule has 3 N–H and O–H groups in total. The Morgan fingerprint density at radius 3 is 2.44 bits per heavy atom. The lowest BCUT2D eigenvalue weighted by molar-refractivity contribution is -0.117. The zero-order valence-corrected chi connectivity index (χ0v) is 15.9. The van der Waals surface area contributed by atoms with Crippen molar-refractivity contribution in [3.63, 3.8) is 0 Å². The number of rotatable bonds is 7. The molecule has 1 heterocycles. The van der Waals surface area contributed by atoms with Gasteiger partial charge in [0.15, 0.2) is 0 Å². The third-order valence-corrected chi connectivity index (χ3v) is 5.89. The van der Waals surface area contributed by atoms with Crippen molar-refractivity contribution in [2.24, 2.45) is 0 Å². The predicted molar refractivity (Wildman–Crippen MR) is 101 cm³/mol. The molecule has 0 bridgehead atoms. The van der Waals surface area contributed by atoms with Crippen molar-refractivity contribution in [2.75, 3.05) is 6.61 Å². The van der Waals surface area contributed by atoms with Gasteiger partial charge in [-0.3, -0.25) is 9.32 Å². The highest BCUT2D eigenvalue weighted by molar-refractivity contribution is 7.90. The van der Waals surface area contributed by atoms with Gasteiger partial charge >= 0.3 is 7.82 Å². The Bertz CT molecular complexity index is 940. The molecular weight excluding hydrogens is 389 g/mol. The number of carbonyl (C=O) groups is 1. The van der Waals surface area contributed by atoms with Crippen molar-refractivity contribution < 1.29 is 27.9 Å². The molecule has 1 amide bonds. The van der Waals surface area contributed by atoms with Gasteiger partial charge in [-0.05, 0) is 29.7 Å². The zero-order chi connectivity index (χ0) is 19.4. The average Bonchev–Trinajstić information content (AvgIpc) is 2.97. The second-order valence-corrected chi connectivity index (χ2v) is 8.62. The normalized spacial score (nSPS) is 17.1. The fourth-order valence-corrected chi connectivity index (χ4v) is 4.34. The van der Waals surface area contributed by atoms with Gasteiger partial charge in [0, 0.05) is 0 Å². The van der Waals surface area contributed by atoms with Gasteiger partial charge in [0.1, 0.15) is 4.91 Å². The molecule has 0 saturated carbocycles. The number of nitrogens with one attached hydrogen (secondary N) is 1. The molecule has 0 aromatic heterocycles. The van der Waals surface area contributed by atoms with Gasteiger partial charge in [-0.1, -0.05) is 48.5 Å². The Morgan fingerprint density at radius 2 is 1.78 bits per heavy atom. The summed E-state index contributed by atoms with van der Waals surface area (Å²) in [5.41, 5.74) is 1.58. The van der Waals surface area contributed by atoms with Crippen molar-refractivity contribution in [3.05, 3.63) is 70.6 Å². The van der Waals surface area contributed by atoms with E-state index < -0.39 is 30.6 Å². The Morgan fingerprint density at radius 1 is 1.11 bits per heavy atom. The van der Waals surface area contributed by atoms with Gasteiger partial charge in [-0.25, -0.2) is 8.77 Å². The summed E-state index contributed by atoms with van der Waals surface area (Å²) in [6, 6.07) is 15.5. The standard InChI is InChI=1S/C18H18NO6PS/c20-18(17-11-14-8-4-5-9-16(14)27(17)24)19-15(12-25-26(21,22)23)10-13-6-2-1-3-7-13/h1-9,11,15H,10,12H2,(H,19,20)(H2,21,22,23)/t15-,27?/m1/s1. The number of hydrogen-bond acceptors (Lipinski definition) is 4. The average molecular weight is 407 g/mol. The maximum absolute atomic E-state index is 12.6. The lowest BCUT2D eigenvalue weighted by Crippen LogP contribution is -2.40. The Balaban J connectivity index is 1.74. The van der Waals surface area contributed by atoms with E-state index in [1.165, 1.54) is 0 Å². The van der Waals surface area contributed by atoms with Gasteiger partial charge < -0.3 is 15.1 Å². The van der Waals surface area contributed by atoms with Gasteiger partial charge in [0.25, 0.3) is 5.91 Å². The summed E-state index contributed by atoms with van der Waals surface area (Å²) in [5.74, 6) is -0.556. The molecular formula is C18H18NO6PS. The van der Waals surface area contributed by atoms with E-state index in [1.54, 1.807) is 30.3 Å². The third-order valence-electron chi connectivity index (χ3n) is 3.93. The largest absolute Gasteiger partial charge is 0.469 e. The minimum atomic E-state index is -4.68. The van der Waals surface area contributed by atoms with E-state index >= 15 is 0 Å². The fourth-order valence-electron chi connectivity index (χ4n) is 2.73. The smallest absolute Gasteiger partial charge is 0.346 e. The van der Waals surface area contributed by atoms with Crippen molar-refractivity contribution in [1.82, 2.24) is 5.32 Å². The minimum Gasteiger partial charge on any atom is -0.346 e. The van der Waals surface area contributed by atoms with Gasteiger partial charge in [0.05, 0.1) is 28.3 Å². The first-order valence-corrected chi connectivity index (χ1v) is 10.8. The summed E-state index contributed by atoms with van der Waals surface area (Å²) in [6.45, 7) is -0.377. The highest BCUT2D eigenvalue weighted by Gasteiger charge is 2.28. The predicted octanol–water partition coefficient (Wildman–Crippen LogP) is 1.99. The maximum atomic E-state index is 12.6. The van der Waals surface area contributed by atoms with Crippen molar-refractivity contribution >= 4 is 30.6 Å². The molecule has 1 aliphatic rings. The molecule has 2 aromatic carbocycles. The van der Waals surface area contributed by atoms with Crippen LogP contribution in [0.15, 0.2) is 64.4 Å². The van der Waals surface area contributed by atoms with Gasteiger partial charge in [0.2, 0.25) is 0 Å². The molecule has 0 fully saturated rings. The number of amides is 1. The summed E-state index contributed by atoms with van der Waals surface area (Å²) in [6.07, 6.45) is 1.86. The van der Waals surface area contributed by atoms with Crippen LogP contribution in [-0.2, 0) is 31.1 Å². The van der Waals surface area contributed by atoms with E-state index in [4.69, 9.17) is 9.79 Å². The van der Waals surface area contributed by atoms with Crippen LogP contribution in [0.4, 0.5) is 0 Å². The van der Waals surface area contributed by atoms with Crippen LogP contribution in [0.5, 0.6) is 0 Å². The lowest BCUT2D eigenvalue weighted by atomic mass is 10.1. The molecule has 0 radical (unpaired) electrons. The lowest BCUT2D eigenvalue weighted by Gasteiger charge is -2.19. The van der Waals surface area contributed by atoms with Crippen LogP contribution in [-0.4, -0.2) is 32.6 Å². The van der Waals surface area contributed by atoms with Crippen molar-refractivity contribution in [2.45, 2.75) is 17.4 Å². The van der Waals surface area contributed by atoms with E-state index in [-0.39, 0.29) is 11.5 Å². The molecule has 9 heteroatoms. The van der Waals surface area contributed by atoms with Crippen LogP contribution in [0.25, 0.3) is 6.08 Å². The number of hydrogen-bond donors (Lipinski definition) is 3. The summed E-state index contributed by atoms with van der Waals surface area (Å²) >= 11 is 0. The second kappa shape index (κ2) is 8.29. The summed E-state index contributed by atoms with van der Waals surface area (Å²) in [4.78, 5) is 31.2. The van der Waals surface area contributed by atoms with Crippen LogP contribution in [0.1, 0.15) is 11.1 Å². The van der Waals surface area contributed by atoms with Crippen molar-refractivity contribution in [3.8, 4) is 0 Å². The Labute approximate surface area is 158 Å². The zero-order valence-electron chi connectivity index (χ0n) is 14.1. The molecule has 0 aliphatic carbocycles. The van der Waals surface area contributed by atoms with Crippen LogP contribution in [0, 0.1) is 0 Å². The first-order chi connectivity index (χ1) is 12.8. The Kier molecular flexibility index (Phi) is 6.04. The minimum absolute atomic E-state index is 0.102. The quantitative estimate of drug-likeness (QED) is 0.605. The molecule has 2 atom stereocenters. The SMILES string of the molecule is O=C(N[C@@H](COP(=O)(O)O)Cc1ccccc1)C1=Cc2ccccc2S1=O. The first-order valence-electron chi connectivity index (χ1n) is 8.11. The molecule has 2 aromatic rings. The number of phosphoric acid groups is 1. The molecule has 1 unspecified atom stereocenters. The summed E-state index contributed by atoms with van der Waals surface area (Å²) < 4.78 is 28.1. The van der Waals surface area contributed by atoms with Crippen LogP contribution in [0.2, 0.25) is 0 Å². The fraction of sp³-hybridized carbons (Fsp3) is 0.167. The third kappa shape index (κ3) is 5.22. The Hall–Kier alpha value is -2.09.